The number of rotatable bonds is 4. The van der Waals surface area contributed by atoms with Crippen LogP contribution in [-0.4, -0.2) is 12.0 Å². The van der Waals surface area contributed by atoms with Crippen LogP contribution in [0, 0.1) is 0 Å². The van der Waals surface area contributed by atoms with Gasteiger partial charge in [-0.05, 0) is 61.6 Å². The molecule has 3 nitrogen and oxygen atoms in total. The molecule has 1 N–H and O–H groups in total. The molecule has 1 aliphatic carbocycles. The zero-order valence-electron chi connectivity index (χ0n) is 12.4. The number of nitrogens with one attached hydrogen (secondary N) is 1. The lowest BCUT2D eigenvalue weighted by Crippen LogP contribution is -2.30. The normalized spacial score (nSPS) is 14.3. The average molecular weight is 316 g/mol. The number of anilines is 1. The summed E-state index contributed by atoms with van der Waals surface area (Å²) < 4.78 is 5.63. The van der Waals surface area contributed by atoms with Crippen molar-refractivity contribution in [2.45, 2.75) is 32.3 Å². The van der Waals surface area contributed by atoms with Crippen molar-refractivity contribution in [3.05, 3.63) is 58.6 Å². The average Bonchev–Trinajstić information content (AvgIpc) is 2.97. The molecule has 4 heteroatoms. The van der Waals surface area contributed by atoms with Gasteiger partial charge in [0.2, 0.25) is 0 Å². The van der Waals surface area contributed by atoms with Crippen molar-refractivity contribution in [3.8, 4) is 5.75 Å². The van der Waals surface area contributed by atoms with Gasteiger partial charge in [-0.15, -0.1) is 0 Å². The lowest BCUT2D eigenvalue weighted by Gasteiger charge is -2.16. The Morgan fingerprint density at radius 2 is 1.95 bits per heavy atom. The largest absolute Gasteiger partial charge is 0.479 e. The summed E-state index contributed by atoms with van der Waals surface area (Å²) in [4.78, 5) is 12.2. The quantitative estimate of drug-likeness (QED) is 0.916. The Morgan fingerprint density at radius 3 is 2.77 bits per heavy atom. The number of hydrogen-bond acceptors (Lipinski definition) is 2. The summed E-state index contributed by atoms with van der Waals surface area (Å²) >= 11 is 6.04. The smallest absolute Gasteiger partial charge is 0.265 e. The first kappa shape index (κ1) is 14.9. The molecular formula is C18H18ClNO2. The van der Waals surface area contributed by atoms with Crippen molar-refractivity contribution < 1.29 is 9.53 Å². The van der Waals surface area contributed by atoms with Crippen molar-refractivity contribution in [1.29, 1.82) is 0 Å². The molecule has 2 aromatic rings. The molecule has 114 valence electrons. The number of fused-ring (bicyclic) bond motifs is 1. The van der Waals surface area contributed by atoms with E-state index in [2.05, 4.69) is 17.4 Å². The Hall–Kier alpha value is -2.00. The van der Waals surface area contributed by atoms with Crippen LogP contribution in [0.3, 0.4) is 0 Å². The highest BCUT2D eigenvalue weighted by Gasteiger charge is 2.17. The van der Waals surface area contributed by atoms with E-state index in [1.54, 1.807) is 19.1 Å². The van der Waals surface area contributed by atoms with Gasteiger partial charge in [-0.2, -0.15) is 0 Å². The highest BCUT2D eigenvalue weighted by Crippen LogP contribution is 2.26. The van der Waals surface area contributed by atoms with Gasteiger partial charge < -0.3 is 10.1 Å². The summed E-state index contributed by atoms with van der Waals surface area (Å²) in [5, 5.41) is 3.40. The Balaban J connectivity index is 1.65. The summed E-state index contributed by atoms with van der Waals surface area (Å²) in [7, 11) is 0. The molecule has 22 heavy (non-hydrogen) atoms. The molecule has 1 atom stereocenters. The summed E-state index contributed by atoms with van der Waals surface area (Å²) in [6.45, 7) is 1.71. The molecule has 0 saturated carbocycles. The van der Waals surface area contributed by atoms with Gasteiger partial charge in [0.15, 0.2) is 6.10 Å². The molecule has 0 saturated heterocycles. The second kappa shape index (κ2) is 6.41. The third-order valence-corrected chi connectivity index (χ3v) is 4.19. The topological polar surface area (TPSA) is 38.3 Å². The third-order valence-electron chi connectivity index (χ3n) is 3.88. The maximum atomic E-state index is 12.2. The van der Waals surface area contributed by atoms with Crippen LogP contribution in [0.15, 0.2) is 42.5 Å². The number of carbonyl (C=O) groups is 1. The van der Waals surface area contributed by atoms with Crippen LogP contribution in [0.25, 0.3) is 0 Å². The summed E-state index contributed by atoms with van der Waals surface area (Å²) in [6.07, 6.45) is 2.80. The van der Waals surface area contributed by atoms with Gasteiger partial charge in [-0.1, -0.05) is 29.8 Å². The van der Waals surface area contributed by atoms with Crippen LogP contribution in [0.1, 0.15) is 24.5 Å². The molecule has 0 unspecified atom stereocenters. The van der Waals surface area contributed by atoms with Crippen LogP contribution in [0.2, 0.25) is 5.02 Å². The van der Waals surface area contributed by atoms with E-state index in [9.17, 15) is 4.79 Å². The molecule has 2 aromatic carbocycles. The van der Waals surface area contributed by atoms with Crippen molar-refractivity contribution in [2.75, 3.05) is 5.32 Å². The Bertz CT molecular complexity index is 699. The van der Waals surface area contributed by atoms with Gasteiger partial charge in [-0.25, -0.2) is 0 Å². The zero-order valence-corrected chi connectivity index (χ0v) is 13.2. The van der Waals surface area contributed by atoms with Gasteiger partial charge in [-0.3, -0.25) is 4.79 Å². The highest BCUT2D eigenvalue weighted by atomic mass is 35.5. The van der Waals surface area contributed by atoms with Crippen molar-refractivity contribution in [2.24, 2.45) is 0 Å². The van der Waals surface area contributed by atoms with Crippen LogP contribution in [0.4, 0.5) is 5.69 Å². The Morgan fingerprint density at radius 1 is 1.18 bits per heavy atom. The predicted octanol–water partition coefficient (Wildman–Crippen LogP) is 4.23. The van der Waals surface area contributed by atoms with E-state index < -0.39 is 6.10 Å². The summed E-state index contributed by atoms with van der Waals surface area (Å²) in [6, 6.07) is 13.2. The lowest BCUT2D eigenvalue weighted by atomic mass is 10.1. The van der Waals surface area contributed by atoms with E-state index in [4.69, 9.17) is 16.3 Å². The Kier molecular flexibility index (Phi) is 4.34. The van der Waals surface area contributed by atoms with Crippen LogP contribution in [0.5, 0.6) is 5.75 Å². The minimum absolute atomic E-state index is 0.183. The molecule has 0 heterocycles. The summed E-state index contributed by atoms with van der Waals surface area (Å²) in [5.74, 6) is 0.332. The maximum Gasteiger partial charge on any atom is 0.265 e. The molecular weight excluding hydrogens is 298 g/mol. The maximum absolute atomic E-state index is 12.2. The number of para-hydroxylation sites is 1. The third kappa shape index (κ3) is 3.25. The van der Waals surface area contributed by atoms with Gasteiger partial charge in [0.25, 0.3) is 5.91 Å². The standard InChI is InChI=1S/C18H18ClNO2/c1-12(22-17-8-3-2-7-16(17)19)18(21)20-15-10-9-13-5-4-6-14(13)11-15/h2-3,7-12H,4-6H2,1H3,(H,20,21)/t12-/m0/s1. The van der Waals surface area contributed by atoms with E-state index in [0.29, 0.717) is 10.8 Å². The Labute approximate surface area is 135 Å². The van der Waals surface area contributed by atoms with E-state index in [-0.39, 0.29) is 5.91 Å². The number of aryl methyl sites for hydroxylation is 2. The number of hydrogen-bond donors (Lipinski definition) is 1. The minimum atomic E-state index is -0.617. The van der Waals surface area contributed by atoms with Gasteiger partial charge in [0.1, 0.15) is 5.75 Å². The molecule has 0 radical (unpaired) electrons. The minimum Gasteiger partial charge on any atom is -0.479 e. The van der Waals surface area contributed by atoms with E-state index in [0.717, 1.165) is 18.5 Å². The first-order chi connectivity index (χ1) is 10.6. The molecule has 0 bridgehead atoms. The fourth-order valence-electron chi connectivity index (χ4n) is 2.68. The van der Waals surface area contributed by atoms with Crippen LogP contribution < -0.4 is 10.1 Å². The zero-order chi connectivity index (χ0) is 15.5. The first-order valence-electron chi connectivity index (χ1n) is 7.47. The second-order valence-corrected chi connectivity index (χ2v) is 5.92. The number of ether oxygens (including phenoxy) is 1. The number of halogens is 1. The van der Waals surface area contributed by atoms with Crippen molar-refractivity contribution in [1.82, 2.24) is 0 Å². The lowest BCUT2D eigenvalue weighted by molar-refractivity contribution is -0.122. The van der Waals surface area contributed by atoms with E-state index in [1.807, 2.05) is 18.2 Å². The van der Waals surface area contributed by atoms with Crippen LogP contribution >= 0.6 is 11.6 Å². The molecule has 0 fully saturated rings. The fraction of sp³-hybridized carbons (Fsp3) is 0.278. The van der Waals surface area contributed by atoms with Gasteiger partial charge in [0.05, 0.1) is 5.02 Å². The van der Waals surface area contributed by atoms with E-state index >= 15 is 0 Å². The molecule has 1 aliphatic rings. The van der Waals surface area contributed by atoms with Crippen molar-refractivity contribution >= 4 is 23.2 Å². The second-order valence-electron chi connectivity index (χ2n) is 5.52. The first-order valence-corrected chi connectivity index (χ1v) is 7.85. The molecule has 1 amide bonds. The van der Waals surface area contributed by atoms with Crippen LogP contribution in [-0.2, 0) is 17.6 Å². The number of amides is 1. The van der Waals surface area contributed by atoms with Gasteiger partial charge >= 0.3 is 0 Å². The molecule has 0 aliphatic heterocycles. The van der Waals surface area contributed by atoms with Gasteiger partial charge in [0, 0.05) is 5.69 Å². The molecule has 3 rings (SSSR count). The SMILES string of the molecule is C[C@H](Oc1ccccc1Cl)C(=O)Nc1ccc2c(c1)CCC2. The predicted molar refractivity (Wildman–Crippen MR) is 88.6 cm³/mol. The molecule has 0 aromatic heterocycles. The number of carbonyl (C=O) groups excluding carboxylic acids is 1. The summed E-state index contributed by atoms with van der Waals surface area (Å²) in [5.41, 5.74) is 3.54. The highest BCUT2D eigenvalue weighted by molar-refractivity contribution is 6.32. The number of benzene rings is 2. The molecule has 0 spiro atoms. The van der Waals surface area contributed by atoms with E-state index in [1.165, 1.54) is 17.5 Å². The monoisotopic (exact) mass is 315 g/mol. The fourth-order valence-corrected chi connectivity index (χ4v) is 2.86. The van der Waals surface area contributed by atoms with Crippen molar-refractivity contribution in [3.63, 3.8) is 0 Å².